The zero-order valence-corrected chi connectivity index (χ0v) is 22.1. The van der Waals surface area contributed by atoms with Crippen molar-refractivity contribution < 1.29 is 29.3 Å². The Bertz CT molecular complexity index is 1180. The molecule has 7 heteroatoms. The second-order valence-electron chi connectivity index (χ2n) is 10.2. The maximum Gasteiger partial charge on any atom is 0.407 e. The van der Waals surface area contributed by atoms with Crippen LogP contribution in [0.4, 0.5) is 4.79 Å². The molecule has 198 valence electrons. The van der Waals surface area contributed by atoms with Crippen LogP contribution < -0.4 is 5.32 Å². The Hall–Kier alpha value is -3.71. The molecule has 3 aromatic rings. The molecule has 0 fully saturated rings. The standard InChI is InChI=1S/C27H31NO5.C3H6O/c1-27(2,3)33-26(32)28-23(17-18-9-5-4-6-10-18)24(29)22(25(30)31)16-19-13-14-20-11-7-8-12-21(20)15-19;1-3(2)4/h4-15,22-24,29H,16-17H2,1-3H3,(H,28,32)(H,30,31);1-2H3/t22-,23-,24+;/m1./s1. The smallest absolute Gasteiger partial charge is 0.407 e. The summed E-state index contributed by atoms with van der Waals surface area (Å²) < 4.78 is 5.35. The number of aliphatic hydroxyl groups excluding tert-OH is 1. The minimum Gasteiger partial charge on any atom is -0.481 e. The SMILES string of the molecule is CC(C)(C)OC(=O)N[C@H](Cc1ccccc1)[C@@H](O)[C@@H](Cc1ccc2ccccc2c1)C(=O)O.CC(C)=O. The molecule has 0 heterocycles. The number of rotatable bonds is 8. The van der Waals surface area contributed by atoms with Gasteiger partial charge in [-0.15, -0.1) is 0 Å². The number of amides is 1. The third-order valence-electron chi connectivity index (χ3n) is 5.41. The van der Waals surface area contributed by atoms with E-state index in [2.05, 4.69) is 5.32 Å². The van der Waals surface area contributed by atoms with Gasteiger partial charge in [-0.05, 0) is 69.4 Å². The van der Waals surface area contributed by atoms with E-state index in [-0.39, 0.29) is 18.6 Å². The highest BCUT2D eigenvalue weighted by molar-refractivity contribution is 5.83. The Labute approximate surface area is 218 Å². The average Bonchev–Trinajstić information content (AvgIpc) is 2.80. The maximum atomic E-state index is 12.5. The number of aliphatic carboxylic acids is 1. The van der Waals surface area contributed by atoms with Crippen LogP contribution in [0.1, 0.15) is 45.7 Å². The highest BCUT2D eigenvalue weighted by Crippen LogP contribution is 2.22. The number of Topliss-reactive ketones (excluding diaryl/α,β-unsaturated/α-hetero) is 1. The van der Waals surface area contributed by atoms with E-state index >= 15 is 0 Å². The van der Waals surface area contributed by atoms with Crippen LogP contribution in [-0.2, 0) is 27.2 Å². The quantitative estimate of drug-likeness (QED) is 0.387. The number of ether oxygens (including phenoxy) is 1. The molecule has 0 saturated carbocycles. The molecular weight excluding hydrogens is 470 g/mol. The third kappa shape index (κ3) is 10.4. The summed E-state index contributed by atoms with van der Waals surface area (Å²) in [7, 11) is 0. The third-order valence-corrected chi connectivity index (χ3v) is 5.41. The van der Waals surface area contributed by atoms with E-state index in [0.717, 1.165) is 21.9 Å². The van der Waals surface area contributed by atoms with Crippen LogP contribution in [-0.4, -0.2) is 45.8 Å². The monoisotopic (exact) mass is 507 g/mol. The molecular formula is C30H37NO6. The number of carbonyl (C=O) groups is 3. The predicted molar refractivity (Wildman–Crippen MR) is 144 cm³/mol. The Balaban J connectivity index is 0.00000112. The van der Waals surface area contributed by atoms with E-state index in [9.17, 15) is 24.6 Å². The molecule has 3 aromatic carbocycles. The minimum absolute atomic E-state index is 0.128. The first-order chi connectivity index (χ1) is 17.4. The molecule has 3 atom stereocenters. The molecule has 3 N–H and O–H groups in total. The number of fused-ring (bicyclic) bond motifs is 1. The Kier molecular flexibility index (Phi) is 10.8. The lowest BCUT2D eigenvalue weighted by Crippen LogP contribution is -2.51. The van der Waals surface area contributed by atoms with Crippen molar-refractivity contribution in [1.29, 1.82) is 0 Å². The summed E-state index contributed by atoms with van der Waals surface area (Å²) in [5.41, 5.74) is 0.951. The number of hydrogen-bond donors (Lipinski definition) is 3. The van der Waals surface area contributed by atoms with Gasteiger partial charge in [-0.2, -0.15) is 0 Å². The number of carboxylic acid groups (broad SMARTS) is 1. The van der Waals surface area contributed by atoms with Crippen molar-refractivity contribution in [2.24, 2.45) is 5.92 Å². The zero-order valence-electron chi connectivity index (χ0n) is 22.1. The number of alkyl carbamates (subject to hydrolysis) is 1. The van der Waals surface area contributed by atoms with Crippen LogP contribution in [0.25, 0.3) is 10.8 Å². The fourth-order valence-electron chi connectivity index (χ4n) is 3.84. The summed E-state index contributed by atoms with van der Waals surface area (Å²) in [5, 5.41) is 25.9. The number of benzene rings is 3. The van der Waals surface area contributed by atoms with Crippen LogP contribution >= 0.6 is 0 Å². The van der Waals surface area contributed by atoms with E-state index in [1.54, 1.807) is 20.8 Å². The molecule has 0 bridgehead atoms. The van der Waals surface area contributed by atoms with Gasteiger partial charge >= 0.3 is 12.1 Å². The summed E-state index contributed by atoms with van der Waals surface area (Å²) in [6.45, 7) is 8.29. The van der Waals surface area contributed by atoms with Gasteiger partial charge in [0.1, 0.15) is 11.4 Å². The van der Waals surface area contributed by atoms with E-state index in [4.69, 9.17) is 4.74 Å². The van der Waals surface area contributed by atoms with Gasteiger partial charge in [-0.25, -0.2) is 4.79 Å². The van der Waals surface area contributed by atoms with Crippen LogP contribution in [0.5, 0.6) is 0 Å². The summed E-state index contributed by atoms with van der Waals surface area (Å²) in [6, 6.07) is 22.1. The van der Waals surface area contributed by atoms with Crippen molar-refractivity contribution in [2.45, 2.75) is 65.2 Å². The molecule has 0 spiro atoms. The highest BCUT2D eigenvalue weighted by atomic mass is 16.6. The van der Waals surface area contributed by atoms with Crippen molar-refractivity contribution in [3.63, 3.8) is 0 Å². The minimum atomic E-state index is -1.33. The lowest BCUT2D eigenvalue weighted by Gasteiger charge is -2.30. The average molecular weight is 508 g/mol. The second kappa shape index (κ2) is 13.6. The molecule has 0 aliphatic rings. The number of hydrogen-bond acceptors (Lipinski definition) is 5. The molecule has 0 aliphatic heterocycles. The summed E-state index contributed by atoms with van der Waals surface area (Å²) in [5.74, 6) is -2.07. The number of carbonyl (C=O) groups excluding carboxylic acids is 2. The Morgan fingerprint density at radius 2 is 1.41 bits per heavy atom. The van der Waals surface area contributed by atoms with E-state index in [1.165, 1.54) is 13.8 Å². The van der Waals surface area contributed by atoms with Crippen molar-refractivity contribution >= 4 is 28.6 Å². The van der Waals surface area contributed by atoms with Crippen LogP contribution in [0, 0.1) is 5.92 Å². The molecule has 7 nitrogen and oxygen atoms in total. The molecule has 3 rings (SSSR count). The number of ketones is 1. The molecule has 0 aromatic heterocycles. The topological polar surface area (TPSA) is 113 Å². The molecule has 0 radical (unpaired) electrons. The number of aliphatic hydroxyl groups is 1. The molecule has 0 aliphatic carbocycles. The van der Waals surface area contributed by atoms with E-state index < -0.39 is 35.7 Å². The highest BCUT2D eigenvalue weighted by Gasteiger charge is 2.35. The summed E-state index contributed by atoms with van der Waals surface area (Å²) in [4.78, 5) is 34.1. The van der Waals surface area contributed by atoms with Gasteiger partial charge < -0.3 is 25.1 Å². The first-order valence-electron chi connectivity index (χ1n) is 12.2. The fraction of sp³-hybridized carbons (Fsp3) is 0.367. The summed E-state index contributed by atoms with van der Waals surface area (Å²) in [6.07, 6.45) is -1.63. The lowest BCUT2D eigenvalue weighted by molar-refractivity contribution is -0.146. The van der Waals surface area contributed by atoms with Gasteiger partial charge in [0.15, 0.2) is 0 Å². The van der Waals surface area contributed by atoms with E-state index in [1.807, 2.05) is 72.8 Å². The first-order valence-corrected chi connectivity index (χ1v) is 12.2. The van der Waals surface area contributed by atoms with Gasteiger partial charge in [0, 0.05) is 0 Å². The Morgan fingerprint density at radius 3 is 1.97 bits per heavy atom. The predicted octanol–water partition coefficient (Wildman–Crippen LogP) is 5.18. The first kappa shape index (κ1) is 29.5. The molecule has 0 unspecified atom stereocenters. The van der Waals surface area contributed by atoms with Crippen LogP contribution in [0.3, 0.4) is 0 Å². The number of nitrogens with one attached hydrogen (secondary N) is 1. The van der Waals surface area contributed by atoms with Gasteiger partial charge in [-0.1, -0.05) is 72.8 Å². The van der Waals surface area contributed by atoms with Crippen molar-refractivity contribution in [2.75, 3.05) is 0 Å². The van der Waals surface area contributed by atoms with Crippen LogP contribution in [0.2, 0.25) is 0 Å². The zero-order chi connectivity index (χ0) is 27.6. The van der Waals surface area contributed by atoms with Crippen molar-refractivity contribution in [3.05, 3.63) is 83.9 Å². The van der Waals surface area contributed by atoms with E-state index in [0.29, 0.717) is 0 Å². The molecule has 37 heavy (non-hydrogen) atoms. The van der Waals surface area contributed by atoms with Gasteiger partial charge in [0.05, 0.1) is 18.1 Å². The lowest BCUT2D eigenvalue weighted by atomic mass is 9.87. The van der Waals surface area contributed by atoms with Crippen LogP contribution in [0.15, 0.2) is 72.8 Å². The molecule has 0 saturated heterocycles. The Morgan fingerprint density at radius 1 is 0.838 bits per heavy atom. The van der Waals surface area contributed by atoms with Gasteiger partial charge in [0.25, 0.3) is 0 Å². The molecule has 1 amide bonds. The van der Waals surface area contributed by atoms with Crippen molar-refractivity contribution in [1.82, 2.24) is 5.32 Å². The number of carboxylic acids is 1. The maximum absolute atomic E-state index is 12.5. The second-order valence-corrected chi connectivity index (χ2v) is 10.2. The largest absolute Gasteiger partial charge is 0.481 e. The summed E-state index contributed by atoms with van der Waals surface area (Å²) >= 11 is 0. The normalized spacial score (nSPS) is 13.5. The van der Waals surface area contributed by atoms with Gasteiger partial charge in [0.2, 0.25) is 0 Å². The van der Waals surface area contributed by atoms with Gasteiger partial charge in [-0.3, -0.25) is 4.79 Å². The fourth-order valence-corrected chi connectivity index (χ4v) is 3.84. The van der Waals surface area contributed by atoms with Crippen molar-refractivity contribution in [3.8, 4) is 0 Å².